The van der Waals surface area contributed by atoms with Gasteiger partial charge in [0.25, 0.3) is 0 Å². The van der Waals surface area contributed by atoms with Crippen molar-refractivity contribution in [2.75, 3.05) is 13.6 Å². The minimum atomic E-state index is -0.119. The van der Waals surface area contributed by atoms with E-state index in [1.165, 1.54) is 0 Å². The number of benzene rings is 1. The Bertz CT molecular complexity index is 471. The molecular formula is C13H17N3O2S. The van der Waals surface area contributed by atoms with Crippen molar-refractivity contribution in [3.8, 4) is 0 Å². The summed E-state index contributed by atoms with van der Waals surface area (Å²) in [5.74, 6) is -0.215. The van der Waals surface area contributed by atoms with Crippen molar-refractivity contribution in [1.29, 1.82) is 0 Å². The molecule has 0 aliphatic rings. The highest BCUT2D eigenvalue weighted by Crippen LogP contribution is 2.05. The van der Waals surface area contributed by atoms with Gasteiger partial charge in [-0.25, -0.2) is 0 Å². The highest BCUT2D eigenvalue weighted by atomic mass is 32.1. The summed E-state index contributed by atoms with van der Waals surface area (Å²) in [6, 6.07) is 7.20. The SMILES string of the molecule is CNC(=O)CCNC(=O)Cc1ccc(C(N)=S)cc1. The van der Waals surface area contributed by atoms with Crippen LogP contribution in [0, 0.1) is 0 Å². The summed E-state index contributed by atoms with van der Waals surface area (Å²) >= 11 is 4.85. The van der Waals surface area contributed by atoms with E-state index in [4.69, 9.17) is 18.0 Å². The van der Waals surface area contributed by atoms with Crippen LogP contribution >= 0.6 is 12.2 Å². The first kappa shape index (κ1) is 15.1. The molecule has 0 aliphatic heterocycles. The monoisotopic (exact) mass is 279 g/mol. The molecule has 4 N–H and O–H groups in total. The predicted molar refractivity (Wildman–Crippen MR) is 77.7 cm³/mol. The zero-order valence-corrected chi connectivity index (χ0v) is 11.5. The number of carbonyl (C=O) groups excluding carboxylic acids is 2. The molecule has 0 radical (unpaired) electrons. The number of hydrogen-bond donors (Lipinski definition) is 3. The first-order valence-electron chi connectivity index (χ1n) is 5.89. The van der Waals surface area contributed by atoms with Crippen LogP contribution in [0.4, 0.5) is 0 Å². The second kappa shape index (κ2) is 7.48. The van der Waals surface area contributed by atoms with Gasteiger partial charge >= 0.3 is 0 Å². The lowest BCUT2D eigenvalue weighted by Crippen LogP contribution is -2.30. The summed E-state index contributed by atoms with van der Waals surface area (Å²) in [5, 5.41) is 5.17. The van der Waals surface area contributed by atoms with E-state index in [-0.39, 0.29) is 24.7 Å². The van der Waals surface area contributed by atoms with E-state index in [1.807, 2.05) is 12.1 Å². The molecule has 0 bridgehead atoms. The molecule has 5 nitrogen and oxygen atoms in total. The fraction of sp³-hybridized carbons (Fsp3) is 0.308. The number of hydrogen-bond acceptors (Lipinski definition) is 3. The molecular weight excluding hydrogens is 262 g/mol. The third-order valence-corrected chi connectivity index (χ3v) is 2.79. The summed E-state index contributed by atoms with van der Waals surface area (Å²) in [4.78, 5) is 22.9. The maximum absolute atomic E-state index is 11.6. The van der Waals surface area contributed by atoms with Crippen LogP contribution in [0.3, 0.4) is 0 Å². The van der Waals surface area contributed by atoms with Crippen molar-refractivity contribution in [3.05, 3.63) is 35.4 Å². The largest absolute Gasteiger partial charge is 0.389 e. The Labute approximate surface area is 117 Å². The van der Waals surface area contributed by atoms with Gasteiger partial charge in [-0.05, 0) is 5.56 Å². The van der Waals surface area contributed by atoms with Gasteiger partial charge in [0.05, 0.1) is 6.42 Å². The summed E-state index contributed by atoms with van der Waals surface area (Å²) in [6.45, 7) is 0.337. The smallest absolute Gasteiger partial charge is 0.224 e. The average Bonchev–Trinajstić information content (AvgIpc) is 2.39. The molecule has 0 unspecified atom stereocenters. The summed E-state index contributed by atoms with van der Waals surface area (Å²) in [6.07, 6.45) is 0.550. The normalized spacial score (nSPS) is 9.74. The zero-order chi connectivity index (χ0) is 14.3. The fourth-order valence-corrected chi connectivity index (χ4v) is 1.61. The lowest BCUT2D eigenvalue weighted by atomic mass is 10.1. The number of amides is 2. The van der Waals surface area contributed by atoms with Crippen molar-refractivity contribution < 1.29 is 9.59 Å². The van der Waals surface area contributed by atoms with Crippen LogP contribution in [0.25, 0.3) is 0 Å². The fourth-order valence-electron chi connectivity index (χ4n) is 1.48. The molecule has 0 spiro atoms. The first-order valence-corrected chi connectivity index (χ1v) is 6.29. The van der Waals surface area contributed by atoms with Crippen molar-refractivity contribution >= 4 is 29.0 Å². The lowest BCUT2D eigenvalue weighted by molar-refractivity contribution is -0.121. The topological polar surface area (TPSA) is 84.2 Å². The number of carbonyl (C=O) groups is 2. The van der Waals surface area contributed by atoms with E-state index in [0.717, 1.165) is 11.1 Å². The first-order chi connectivity index (χ1) is 9.02. The highest BCUT2D eigenvalue weighted by Gasteiger charge is 2.05. The minimum Gasteiger partial charge on any atom is -0.389 e. The van der Waals surface area contributed by atoms with E-state index in [9.17, 15) is 9.59 Å². The van der Waals surface area contributed by atoms with Crippen LogP contribution in [-0.2, 0) is 16.0 Å². The van der Waals surface area contributed by atoms with Gasteiger partial charge in [0.1, 0.15) is 4.99 Å². The van der Waals surface area contributed by atoms with Crippen LogP contribution in [0.5, 0.6) is 0 Å². The molecule has 0 heterocycles. The maximum atomic E-state index is 11.6. The summed E-state index contributed by atoms with van der Waals surface area (Å²) in [5.41, 5.74) is 7.14. The lowest BCUT2D eigenvalue weighted by Gasteiger charge is -2.05. The minimum absolute atomic E-state index is 0.0962. The van der Waals surface area contributed by atoms with E-state index in [2.05, 4.69) is 10.6 Å². The second-order valence-corrected chi connectivity index (χ2v) is 4.45. The molecule has 0 saturated heterocycles. The van der Waals surface area contributed by atoms with E-state index in [1.54, 1.807) is 19.2 Å². The third-order valence-electron chi connectivity index (χ3n) is 2.56. The molecule has 1 aromatic rings. The Morgan fingerprint density at radius 3 is 2.37 bits per heavy atom. The number of thiocarbonyl (C=S) groups is 1. The molecule has 0 atom stereocenters. The van der Waals surface area contributed by atoms with Gasteiger partial charge in [0.2, 0.25) is 11.8 Å². The molecule has 0 aromatic heterocycles. The molecule has 0 saturated carbocycles. The van der Waals surface area contributed by atoms with E-state index in [0.29, 0.717) is 11.5 Å². The predicted octanol–water partition coefficient (Wildman–Crippen LogP) is 0.116. The van der Waals surface area contributed by atoms with Crippen molar-refractivity contribution in [3.63, 3.8) is 0 Å². The molecule has 102 valence electrons. The third kappa shape index (κ3) is 5.48. The molecule has 0 aliphatic carbocycles. The van der Waals surface area contributed by atoms with Gasteiger partial charge in [-0.1, -0.05) is 36.5 Å². The van der Waals surface area contributed by atoms with Crippen LogP contribution in [0.1, 0.15) is 17.5 Å². The van der Waals surface area contributed by atoms with Crippen molar-refractivity contribution in [2.45, 2.75) is 12.8 Å². The van der Waals surface area contributed by atoms with Gasteiger partial charge in [-0.2, -0.15) is 0 Å². The molecule has 2 amide bonds. The van der Waals surface area contributed by atoms with E-state index >= 15 is 0 Å². The van der Waals surface area contributed by atoms with Crippen LogP contribution in [0.15, 0.2) is 24.3 Å². The van der Waals surface area contributed by atoms with Crippen LogP contribution in [0.2, 0.25) is 0 Å². The number of rotatable bonds is 6. The van der Waals surface area contributed by atoms with Crippen molar-refractivity contribution in [2.24, 2.45) is 5.73 Å². The molecule has 0 fully saturated rings. The Balaban J connectivity index is 2.40. The van der Waals surface area contributed by atoms with Gasteiger partial charge in [-0.15, -0.1) is 0 Å². The molecule has 19 heavy (non-hydrogen) atoms. The standard InChI is InChI=1S/C13H17N3O2S/c1-15-11(17)6-7-16-12(18)8-9-2-4-10(5-3-9)13(14)19/h2-5H,6-8H2,1H3,(H2,14,19)(H,15,17)(H,16,18). The van der Waals surface area contributed by atoms with Gasteiger partial charge in [0.15, 0.2) is 0 Å². The zero-order valence-electron chi connectivity index (χ0n) is 10.7. The van der Waals surface area contributed by atoms with Crippen LogP contribution in [-0.4, -0.2) is 30.4 Å². The summed E-state index contributed by atoms with van der Waals surface area (Å²) < 4.78 is 0. The highest BCUT2D eigenvalue weighted by molar-refractivity contribution is 7.80. The Hall–Kier alpha value is -1.95. The van der Waals surface area contributed by atoms with Gasteiger partial charge in [0, 0.05) is 25.6 Å². The number of nitrogens with two attached hydrogens (primary N) is 1. The average molecular weight is 279 g/mol. The molecule has 6 heteroatoms. The molecule has 1 aromatic carbocycles. The Morgan fingerprint density at radius 2 is 1.84 bits per heavy atom. The molecule has 1 rings (SSSR count). The maximum Gasteiger partial charge on any atom is 0.224 e. The van der Waals surface area contributed by atoms with E-state index < -0.39 is 0 Å². The number of nitrogens with one attached hydrogen (secondary N) is 2. The Kier molecular flexibility index (Phi) is 5.95. The van der Waals surface area contributed by atoms with Crippen LogP contribution < -0.4 is 16.4 Å². The quantitative estimate of drug-likeness (QED) is 0.646. The van der Waals surface area contributed by atoms with Gasteiger partial charge < -0.3 is 16.4 Å². The Morgan fingerprint density at radius 1 is 1.21 bits per heavy atom. The second-order valence-electron chi connectivity index (χ2n) is 4.01. The summed E-state index contributed by atoms with van der Waals surface area (Å²) in [7, 11) is 1.56. The van der Waals surface area contributed by atoms with Gasteiger partial charge in [-0.3, -0.25) is 9.59 Å². The van der Waals surface area contributed by atoms with Crippen molar-refractivity contribution in [1.82, 2.24) is 10.6 Å².